The third-order valence-electron chi connectivity index (χ3n) is 4.51. The molecule has 1 saturated heterocycles. The molecule has 2 heterocycles. The fourth-order valence-corrected chi connectivity index (χ4v) is 3.07. The Kier molecular flexibility index (Phi) is 5.31. The second-order valence-electron chi connectivity index (χ2n) is 6.35. The van der Waals surface area contributed by atoms with Crippen LogP contribution < -0.4 is 10.6 Å². The Balaban J connectivity index is 1.72. The molecule has 5 amide bonds. The molecule has 2 aliphatic heterocycles. The number of piperidine rings is 1. The van der Waals surface area contributed by atoms with Crippen LogP contribution >= 0.6 is 0 Å². The fourth-order valence-electron chi connectivity index (χ4n) is 3.07. The molecular weight excluding hydrogens is 354 g/mol. The zero-order valence-electron chi connectivity index (χ0n) is 14.7. The lowest BCUT2D eigenvalue weighted by atomic mass is 10.0. The lowest BCUT2D eigenvalue weighted by Crippen LogP contribution is -2.52. The summed E-state index contributed by atoms with van der Waals surface area (Å²) in [5, 5.41) is 4.71. The number of carbonyl (C=O) groups excluding carboxylic acids is 5. The Morgan fingerprint density at radius 1 is 1.22 bits per heavy atom. The second kappa shape index (κ2) is 7.67. The molecule has 0 aliphatic carbocycles. The van der Waals surface area contributed by atoms with Gasteiger partial charge >= 0.3 is 0 Å². The van der Waals surface area contributed by atoms with E-state index < -0.39 is 29.7 Å². The molecule has 2 N–H and O–H groups in total. The van der Waals surface area contributed by atoms with Crippen molar-refractivity contribution in [1.82, 2.24) is 15.5 Å². The van der Waals surface area contributed by atoms with Crippen LogP contribution in [0.25, 0.3) is 0 Å². The smallest absolute Gasteiger partial charge is 0.261 e. The van der Waals surface area contributed by atoms with Crippen LogP contribution in [0.2, 0.25) is 0 Å². The van der Waals surface area contributed by atoms with Crippen LogP contribution in [0, 0.1) is 0 Å². The van der Waals surface area contributed by atoms with Gasteiger partial charge in [-0.25, -0.2) is 0 Å². The van der Waals surface area contributed by atoms with Crippen molar-refractivity contribution in [2.75, 3.05) is 20.3 Å². The van der Waals surface area contributed by atoms with Crippen molar-refractivity contribution < 1.29 is 28.7 Å². The lowest BCUT2D eigenvalue weighted by Gasteiger charge is -2.21. The molecule has 2 aliphatic rings. The third-order valence-corrected chi connectivity index (χ3v) is 4.51. The van der Waals surface area contributed by atoms with Gasteiger partial charge in [-0.1, -0.05) is 0 Å². The van der Waals surface area contributed by atoms with Gasteiger partial charge in [0.1, 0.15) is 6.04 Å². The number of ether oxygens (including phenoxy) is 1. The van der Waals surface area contributed by atoms with Gasteiger partial charge in [-0.2, -0.15) is 0 Å². The van der Waals surface area contributed by atoms with Gasteiger partial charge in [-0.05, 0) is 31.0 Å². The van der Waals surface area contributed by atoms with Gasteiger partial charge in [0.15, 0.2) is 0 Å². The van der Waals surface area contributed by atoms with Crippen molar-refractivity contribution >= 4 is 29.5 Å². The SMILES string of the molecule is COCCCN1C(=O)c2ccc(C(=O)NC3CCC(=O)NC3=O)cc2C1=O. The number of imide groups is 2. The molecule has 142 valence electrons. The summed E-state index contributed by atoms with van der Waals surface area (Å²) >= 11 is 0. The Bertz CT molecular complexity index is 834. The summed E-state index contributed by atoms with van der Waals surface area (Å²) in [6.07, 6.45) is 0.876. The Morgan fingerprint density at radius 2 is 1.96 bits per heavy atom. The minimum Gasteiger partial charge on any atom is -0.385 e. The average molecular weight is 373 g/mol. The van der Waals surface area contributed by atoms with Gasteiger partial charge in [0.25, 0.3) is 17.7 Å². The zero-order valence-corrected chi connectivity index (χ0v) is 14.7. The third kappa shape index (κ3) is 3.72. The van der Waals surface area contributed by atoms with Crippen LogP contribution in [-0.4, -0.2) is 60.7 Å². The van der Waals surface area contributed by atoms with Crippen molar-refractivity contribution in [1.29, 1.82) is 0 Å². The maximum atomic E-state index is 12.5. The molecule has 1 fully saturated rings. The summed E-state index contributed by atoms with van der Waals surface area (Å²) in [6.45, 7) is 0.658. The minimum atomic E-state index is -0.814. The molecule has 27 heavy (non-hydrogen) atoms. The van der Waals surface area contributed by atoms with E-state index in [0.717, 1.165) is 4.90 Å². The summed E-state index contributed by atoms with van der Waals surface area (Å²) in [4.78, 5) is 61.3. The number of fused-ring (bicyclic) bond motifs is 1. The molecule has 0 bridgehead atoms. The molecule has 1 aromatic rings. The first-order valence-electron chi connectivity index (χ1n) is 8.56. The number of benzene rings is 1. The Labute approximate surface area is 155 Å². The molecule has 0 radical (unpaired) electrons. The molecule has 9 heteroatoms. The quantitative estimate of drug-likeness (QED) is 0.528. The molecule has 0 aromatic heterocycles. The molecule has 0 spiro atoms. The van der Waals surface area contributed by atoms with E-state index in [1.807, 2.05) is 0 Å². The second-order valence-corrected chi connectivity index (χ2v) is 6.35. The predicted molar refractivity (Wildman–Crippen MR) is 91.9 cm³/mol. The fraction of sp³-hybridized carbons (Fsp3) is 0.389. The van der Waals surface area contributed by atoms with E-state index in [4.69, 9.17) is 4.74 Å². The first-order chi connectivity index (χ1) is 12.9. The van der Waals surface area contributed by atoms with E-state index >= 15 is 0 Å². The Morgan fingerprint density at radius 3 is 2.67 bits per heavy atom. The molecule has 1 unspecified atom stereocenters. The number of nitrogens with zero attached hydrogens (tertiary/aromatic N) is 1. The number of nitrogens with one attached hydrogen (secondary N) is 2. The molecule has 0 saturated carbocycles. The first kappa shape index (κ1) is 18.7. The number of hydrogen-bond acceptors (Lipinski definition) is 6. The van der Waals surface area contributed by atoms with E-state index in [-0.39, 0.29) is 42.0 Å². The van der Waals surface area contributed by atoms with Crippen LogP contribution in [0.3, 0.4) is 0 Å². The lowest BCUT2D eigenvalue weighted by molar-refractivity contribution is -0.134. The molecule has 1 aromatic carbocycles. The largest absolute Gasteiger partial charge is 0.385 e. The van der Waals surface area contributed by atoms with E-state index in [9.17, 15) is 24.0 Å². The number of carbonyl (C=O) groups is 5. The minimum absolute atomic E-state index is 0.143. The van der Waals surface area contributed by atoms with Gasteiger partial charge in [-0.3, -0.25) is 34.2 Å². The summed E-state index contributed by atoms with van der Waals surface area (Å²) in [5.74, 6) is -2.34. The van der Waals surface area contributed by atoms with Gasteiger partial charge in [0.2, 0.25) is 11.8 Å². The predicted octanol–water partition coefficient (Wildman–Crippen LogP) is -0.146. The van der Waals surface area contributed by atoms with Crippen molar-refractivity contribution in [2.24, 2.45) is 0 Å². The van der Waals surface area contributed by atoms with Crippen LogP contribution in [-0.2, 0) is 14.3 Å². The highest BCUT2D eigenvalue weighted by Gasteiger charge is 2.36. The van der Waals surface area contributed by atoms with Crippen molar-refractivity contribution in [3.63, 3.8) is 0 Å². The molecular formula is C18H19N3O6. The maximum absolute atomic E-state index is 12.5. The maximum Gasteiger partial charge on any atom is 0.261 e. The highest BCUT2D eigenvalue weighted by molar-refractivity contribution is 6.22. The van der Waals surface area contributed by atoms with E-state index in [1.165, 1.54) is 25.3 Å². The molecule has 1 atom stereocenters. The van der Waals surface area contributed by atoms with Gasteiger partial charge in [-0.15, -0.1) is 0 Å². The van der Waals surface area contributed by atoms with E-state index in [0.29, 0.717) is 13.0 Å². The van der Waals surface area contributed by atoms with Gasteiger partial charge < -0.3 is 10.1 Å². The van der Waals surface area contributed by atoms with Crippen LogP contribution in [0.4, 0.5) is 0 Å². The number of rotatable bonds is 6. The Hall–Kier alpha value is -3.07. The van der Waals surface area contributed by atoms with Gasteiger partial charge in [0, 0.05) is 32.2 Å². The van der Waals surface area contributed by atoms with Crippen molar-refractivity contribution in [3.8, 4) is 0 Å². The summed E-state index contributed by atoms with van der Waals surface area (Å²) in [5.41, 5.74) is 0.571. The number of amides is 5. The summed E-state index contributed by atoms with van der Waals surface area (Å²) in [7, 11) is 1.54. The van der Waals surface area contributed by atoms with Crippen molar-refractivity contribution in [2.45, 2.75) is 25.3 Å². The zero-order chi connectivity index (χ0) is 19.6. The van der Waals surface area contributed by atoms with Crippen LogP contribution in [0.1, 0.15) is 50.3 Å². The topological polar surface area (TPSA) is 122 Å². The first-order valence-corrected chi connectivity index (χ1v) is 8.56. The standard InChI is InChI=1S/C18H19N3O6/c1-27-8-2-7-21-17(25)11-4-3-10(9-12(11)18(21)26)15(23)19-13-5-6-14(22)20-16(13)24/h3-4,9,13H,2,5-8H2,1H3,(H,19,23)(H,20,22,24). The highest BCUT2D eigenvalue weighted by Crippen LogP contribution is 2.24. The van der Waals surface area contributed by atoms with Gasteiger partial charge in [0.05, 0.1) is 11.1 Å². The summed E-state index contributed by atoms with van der Waals surface area (Å²) in [6, 6.07) is 3.41. The highest BCUT2D eigenvalue weighted by atomic mass is 16.5. The van der Waals surface area contributed by atoms with Crippen LogP contribution in [0.15, 0.2) is 18.2 Å². The number of hydrogen-bond donors (Lipinski definition) is 2. The number of methoxy groups -OCH3 is 1. The van der Waals surface area contributed by atoms with E-state index in [2.05, 4.69) is 10.6 Å². The monoisotopic (exact) mass is 373 g/mol. The summed E-state index contributed by atoms with van der Waals surface area (Å²) < 4.78 is 4.93. The molecule has 3 rings (SSSR count). The molecule has 9 nitrogen and oxygen atoms in total. The normalized spacial score (nSPS) is 19.1. The van der Waals surface area contributed by atoms with Crippen molar-refractivity contribution in [3.05, 3.63) is 34.9 Å². The van der Waals surface area contributed by atoms with E-state index in [1.54, 1.807) is 0 Å². The average Bonchev–Trinajstić information content (AvgIpc) is 2.88. The van der Waals surface area contributed by atoms with Crippen LogP contribution in [0.5, 0.6) is 0 Å².